The maximum Gasteiger partial charge on any atom is 0.237 e. The number of anilines is 1. The highest BCUT2D eigenvalue weighted by molar-refractivity contribution is 6.32. The normalized spacial score (nSPS) is 29.3. The van der Waals surface area contributed by atoms with Gasteiger partial charge in [0, 0.05) is 0 Å². The summed E-state index contributed by atoms with van der Waals surface area (Å²) in [5.41, 5.74) is 0.625. The minimum atomic E-state index is -0.0969. The van der Waals surface area contributed by atoms with Gasteiger partial charge in [0.05, 0.1) is 22.5 Å². The summed E-state index contributed by atoms with van der Waals surface area (Å²) in [6, 6.07) is 14.3. The Morgan fingerprint density at radius 2 is 1.50 bits per heavy atom. The van der Waals surface area contributed by atoms with Gasteiger partial charge in [-0.2, -0.15) is 0 Å². The van der Waals surface area contributed by atoms with Gasteiger partial charge < -0.3 is 4.74 Å². The van der Waals surface area contributed by atoms with Crippen molar-refractivity contribution in [2.24, 2.45) is 23.7 Å². The Balaban J connectivity index is 1.39. The maximum atomic E-state index is 12.9. The Hall–Kier alpha value is -2.33. The van der Waals surface area contributed by atoms with Crippen LogP contribution in [-0.2, 0) is 9.59 Å². The highest BCUT2D eigenvalue weighted by Crippen LogP contribution is 2.56. The molecule has 1 saturated heterocycles. The zero-order valence-corrected chi connectivity index (χ0v) is 14.9. The fraction of sp³-hybridized carbons (Fsp3) is 0.333. The number of imide groups is 1. The number of benzene rings is 2. The lowest BCUT2D eigenvalue weighted by molar-refractivity contribution is -0.123. The van der Waals surface area contributed by atoms with Crippen LogP contribution < -0.4 is 9.64 Å². The van der Waals surface area contributed by atoms with Crippen LogP contribution in [-0.4, -0.2) is 11.8 Å². The lowest BCUT2D eigenvalue weighted by Gasteiger charge is -2.19. The molecule has 0 radical (unpaired) electrons. The van der Waals surface area contributed by atoms with Crippen LogP contribution in [0.4, 0.5) is 5.69 Å². The number of carbonyl (C=O) groups excluding carboxylic acids is 2. The van der Waals surface area contributed by atoms with Crippen molar-refractivity contribution in [3.63, 3.8) is 0 Å². The van der Waals surface area contributed by atoms with Crippen molar-refractivity contribution in [1.82, 2.24) is 0 Å². The van der Waals surface area contributed by atoms with Crippen LogP contribution in [0.2, 0.25) is 5.02 Å². The molecule has 0 spiro atoms. The number of para-hydroxylation sites is 1. The number of hydrogen-bond donors (Lipinski definition) is 0. The van der Waals surface area contributed by atoms with E-state index in [0.717, 1.165) is 19.3 Å². The van der Waals surface area contributed by atoms with Gasteiger partial charge in [0.15, 0.2) is 0 Å². The second kappa shape index (κ2) is 5.85. The minimum Gasteiger partial charge on any atom is -0.456 e. The van der Waals surface area contributed by atoms with E-state index in [1.165, 1.54) is 4.90 Å². The van der Waals surface area contributed by atoms with Crippen molar-refractivity contribution >= 4 is 29.1 Å². The first-order valence-electron chi connectivity index (χ1n) is 9.04. The monoisotopic (exact) mass is 367 g/mol. The Kier molecular flexibility index (Phi) is 3.57. The lowest BCUT2D eigenvalue weighted by Crippen LogP contribution is -2.32. The van der Waals surface area contributed by atoms with E-state index in [0.29, 0.717) is 34.0 Å². The summed E-state index contributed by atoms with van der Waals surface area (Å²) in [6.45, 7) is 0. The highest BCUT2D eigenvalue weighted by Gasteiger charge is 2.61. The third kappa shape index (κ3) is 2.28. The van der Waals surface area contributed by atoms with Crippen molar-refractivity contribution in [3.05, 3.63) is 53.6 Å². The predicted octanol–water partition coefficient (Wildman–Crippen LogP) is 4.67. The summed E-state index contributed by atoms with van der Waals surface area (Å²) >= 11 is 6.11. The number of carbonyl (C=O) groups is 2. The first kappa shape index (κ1) is 15.9. The van der Waals surface area contributed by atoms with Crippen LogP contribution in [0.25, 0.3) is 0 Å². The second-order valence-electron chi connectivity index (χ2n) is 7.42. The van der Waals surface area contributed by atoms with Crippen LogP contribution in [0.3, 0.4) is 0 Å². The van der Waals surface area contributed by atoms with Gasteiger partial charge in [-0.1, -0.05) is 23.7 Å². The summed E-state index contributed by atoms with van der Waals surface area (Å²) < 4.78 is 5.78. The van der Waals surface area contributed by atoms with Crippen molar-refractivity contribution in [1.29, 1.82) is 0 Å². The molecule has 0 unspecified atom stereocenters. The predicted molar refractivity (Wildman–Crippen MR) is 98.3 cm³/mol. The van der Waals surface area contributed by atoms with E-state index in [2.05, 4.69) is 0 Å². The molecule has 1 heterocycles. The lowest BCUT2D eigenvalue weighted by atomic mass is 9.81. The zero-order chi connectivity index (χ0) is 17.8. The van der Waals surface area contributed by atoms with E-state index in [-0.39, 0.29) is 23.7 Å². The SMILES string of the molecule is O=C1[C@@H]2[C@@H]3CC[C@H](C3)[C@@H]2C(=O)N1c1ccc(Oc2ccccc2Cl)cc1. The standard InChI is InChI=1S/C21H18ClNO3/c22-16-3-1-2-4-17(16)26-15-9-7-14(8-10-15)23-20(24)18-12-5-6-13(11-12)19(18)21(23)25/h1-4,7-10,12-13,18-19H,5-6,11H2/t12-,13-,18-,19+/m1/s1. The van der Waals surface area contributed by atoms with Crippen molar-refractivity contribution in [3.8, 4) is 11.5 Å². The summed E-state index contributed by atoms with van der Waals surface area (Å²) in [4.78, 5) is 27.1. The number of amides is 2. The number of halogens is 1. The molecule has 4 atom stereocenters. The number of fused-ring (bicyclic) bond motifs is 5. The number of hydrogen-bond acceptors (Lipinski definition) is 3. The molecule has 26 heavy (non-hydrogen) atoms. The molecule has 0 N–H and O–H groups in total. The van der Waals surface area contributed by atoms with Crippen LogP contribution in [0.5, 0.6) is 11.5 Å². The van der Waals surface area contributed by atoms with Gasteiger partial charge in [-0.15, -0.1) is 0 Å². The van der Waals surface area contributed by atoms with E-state index in [9.17, 15) is 9.59 Å². The molecule has 132 valence electrons. The fourth-order valence-electron chi connectivity index (χ4n) is 4.98. The Morgan fingerprint density at radius 1 is 0.885 bits per heavy atom. The van der Waals surface area contributed by atoms with E-state index in [4.69, 9.17) is 16.3 Å². The Morgan fingerprint density at radius 3 is 2.12 bits per heavy atom. The summed E-state index contributed by atoms with van der Waals surface area (Å²) in [7, 11) is 0. The van der Waals surface area contributed by atoms with Crippen LogP contribution in [0.1, 0.15) is 19.3 Å². The first-order chi connectivity index (χ1) is 12.6. The molecule has 2 aliphatic carbocycles. The molecule has 5 rings (SSSR count). The van der Waals surface area contributed by atoms with Gasteiger partial charge in [-0.3, -0.25) is 14.5 Å². The maximum absolute atomic E-state index is 12.9. The molecular formula is C21H18ClNO3. The molecule has 2 bridgehead atoms. The van der Waals surface area contributed by atoms with E-state index < -0.39 is 0 Å². The molecular weight excluding hydrogens is 350 g/mol. The number of nitrogens with zero attached hydrogens (tertiary/aromatic N) is 1. The molecule has 2 aromatic rings. The zero-order valence-electron chi connectivity index (χ0n) is 14.1. The molecule has 1 aliphatic heterocycles. The molecule has 3 aliphatic rings. The van der Waals surface area contributed by atoms with Gasteiger partial charge in [0.2, 0.25) is 11.8 Å². The molecule has 4 nitrogen and oxygen atoms in total. The molecule has 2 amide bonds. The molecule has 2 saturated carbocycles. The molecule has 2 aromatic carbocycles. The number of ether oxygens (including phenoxy) is 1. The first-order valence-corrected chi connectivity index (χ1v) is 9.41. The largest absolute Gasteiger partial charge is 0.456 e. The average molecular weight is 368 g/mol. The van der Waals surface area contributed by atoms with Crippen LogP contribution in [0.15, 0.2) is 48.5 Å². The smallest absolute Gasteiger partial charge is 0.237 e. The fourth-order valence-corrected chi connectivity index (χ4v) is 5.16. The summed E-state index contributed by atoms with van der Waals surface area (Å²) in [5, 5.41) is 0.532. The van der Waals surface area contributed by atoms with Crippen LogP contribution in [0, 0.1) is 23.7 Å². The summed E-state index contributed by atoms with van der Waals surface area (Å²) in [5.74, 6) is 1.74. The quantitative estimate of drug-likeness (QED) is 0.741. The molecule has 0 aromatic heterocycles. The van der Waals surface area contributed by atoms with Crippen molar-refractivity contribution < 1.29 is 14.3 Å². The molecule has 3 fully saturated rings. The minimum absolute atomic E-state index is 0.0213. The van der Waals surface area contributed by atoms with E-state index >= 15 is 0 Å². The van der Waals surface area contributed by atoms with E-state index in [1.54, 1.807) is 36.4 Å². The van der Waals surface area contributed by atoms with E-state index in [1.807, 2.05) is 12.1 Å². The third-order valence-corrected chi connectivity index (χ3v) is 6.40. The topological polar surface area (TPSA) is 46.6 Å². The van der Waals surface area contributed by atoms with Crippen LogP contribution >= 0.6 is 11.6 Å². The van der Waals surface area contributed by atoms with Gasteiger partial charge in [-0.05, 0) is 67.5 Å². The van der Waals surface area contributed by atoms with Gasteiger partial charge >= 0.3 is 0 Å². The average Bonchev–Trinajstić information content (AvgIpc) is 3.32. The third-order valence-electron chi connectivity index (χ3n) is 6.09. The van der Waals surface area contributed by atoms with Crippen molar-refractivity contribution in [2.75, 3.05) is 4.90 Å². The Labute approximate surface area is 156 Å². The van der Waals surface area contributed by atoms with Gasteiger partial charge in [-0.25, -0.2) is 0 Å². The molecule has 5 heteroatoms. The van der Waals surface area contributed by atoms with Crippen molar-refractivity contribution in [2.45, 2.75) is 19.3 Å². The number of rotatable bonds is 3. The Bertz CT molecular complexity index is 866. The second-order valence-corrected chi connectivity index (χ2v) is 7.83. The van der Waals surface area contributed by atoms with Gasteiger partial charge in [0.1, 0.15) is 11.5 Å². The highest BCUT2D eigenvalue weighted by atomic mass is 35.5. The summed E-state index contributed by atoms with van der Waals surface area (Å²) in [6.07, 6.45) is 3.22. The van der Waals surface area contributed by atoms with Gasteiger partial charge in [0.25, 0.3) is 0 Å².